The molecule has 9 heteroatoms. The normalized spacial score (nSPS) is 19.3. The van der Waals surface area contributed by atoms with Crippen molar-refractivity contribution in [3.05, 3.63) is 95.6 Å². The number of nitrogens with zero attached hydrogens (tertiary/aromatic N) is 1. The average molecular weight is 580 g/mol. The van der Waals surface area contributed by atoms with Gasteiger partial charge in [0.15, 0.2) is 0 Å². The Morgan fingerprint density at radius 3 is 2.26 bits per heavy atom. The number of β-amino-alcohol motifs (C(OH)–C–C–N with tert-alkyl or cyclic N) is 1. The summed E-state index contributed by atoms with van der Waals surface area (Å²) in [7, 11) is 0. The minimum atomic E-state index is -0.875. The molecule has 0 bridgehead atoms. The van der Waals surface area contributed by atoms with Gasteiger partial charge in [0.05, 0.1) is 51.7 Å². The van der Waals surface area contributed by atoms with Crippen LogP contribution in [0.2, 0.25) is 0 Å². The predicted octanol–water partition coefficient (Wildman–Crippen LogP) is 5.59. The summed E-state index contributed by atoms with van der Waals surface area (Å²) in [5, 5.41) is 22.2. The number of aromatic hydroxyl groups is 1. The number of phenolic OH excluding ortho intramolecular Hbond substituents is 1. The summed E-state index contributed by atoms with van der Waals surface area (Å²) >= 11 is 0. The molecule has 3 aromatic rings. The Morgan fingerprint density at radius 2 is 1.57 bits per heavy atom. The van der Waals surface area contributed by atoms with Crippen LogP contribution in [0.5, 0.6) is 11.5 Å². The number of aliphatic hydroxyl groups excluding tert-OH is 1. The Hall–Kier alpha value is -3.63. The van der Waals surface area contributed by atoms with Crippen molar-refractivity contribution in [2.45, 2.75) is 64.1 Å². The summed E-state index contributed by atoms with van der Waals surface area (Å²) < 4.78 is 23.2. The Bertz CT molecular complexity index is 1230. The first kappa shape index (κ1) is 31.3. The van der Waals surface area contributed by atoms with Gasteiger partial charge in [-0.3, -0.25) is 0 Å². The van der Waals surface area contributed by atoms with E-state index in [9.17, 15) is 15.0 Å². The fourth-order valence-corrected chi connectivity index (χ4v) is 4.70. The predicted molar refractivity (Wildman–Crippen MR) is 157 cm³/mol. The molecule has 1 heterocycles. The van der Waals surface area contributed by atoms with Crippen LogP contribution >= 0.6 is 0 Å². The third kappa shape index (κ3) is 10.0. The van der Waals surface area contributed by atoms with Crippen molar-refractivity contribution in [3.8, 4) is 11.5 Å². The number of phenols is 1. The van der Waals surface area contributed by atoms with Crippen molar-refractivity contribution in [3.63, 3.8) is 0 Å². The van der Waals surface area contributed by atoms with Crippen LogP contribution in [0.4, 0.5) is 4.79 Å². The second-order valence-electron chi connectivity index (χ2n) is 11.3. The smallest absolute Gasteiger partial charge is 0.508 e. The highest BCUT2D eigenvalue weighted by Gasteiger charge is 2.40. The molecule has 3 unspecified atom stereocenters. The van der Waals surface area contributed by atoms with Gasteiger partial charge in [0, 0.05) is 12.3 Å². The molecule has 42 heavy (non-hydrogen) atoms. The Morgan fingerprint density at radius 1 is 0.881 bits per heavy atom. The molecule has 1 saturated heterocycles. The zero-order valence-corrected chi connectivity index (χ0v) is 24.5. The lowest BCUT2D eigenvalue weighted by atomic mass is 9.85. The van der Waals surface area contributed by atoms with Crippen molar-refractivity contribution in [2.75, 3.05) is 26.3 Å². The molecular formula is C33H41NO8. The van der Waals surface area contributed by atoms with Crippen LogP contribution in [0, 0.1) is 0 Å². The van der Waals surface area contributed by atoms with Gasteiger partial charge in [-0.1, -0.05) is 54.6 Å². The Kier molecular flexibility index (Phi) is 11.2. The number of hydroxylamine groups is 2. The Labute approximate surface area is 247 Å². The van der Waals surface area contributed by atoms with Crippen LogP contribution in [-0.2, 0) is 32.3 Å². The van der Waals surface area contributed by atoms with Crippen LogP contribution in [0.3, 0.4) is 0 Å². The van der Waals surface area contributed by atoms with Crippen molar-refractivity contribution >= 4 is 6.16 Å². The molecule has 226 valence electrons. The zero-order chi connectivity index (χ0) is 30.0. The summed E-state index contributed by atoms with van der Waals surface area (Å²) in [4.78, 5) is 17.7. The maximum atomic E-state index is 12.3. The second kappa shape index (κ2) is 15.0. The number of hydrogen-bond acceptors (Lipinski definition) is 9. The van der Waals surface area contributed by atoms with Crippen molar-refractivity contribution in [1.82, 2.24) is 5.06 Å². The van der Waals surface area contributed by atoms with E-state index in [4.69, 9.17) is 23.8 Å². The minimum Gasteiger partial charge on any atom is -0.508 e. The zero-order valence-electron chi connectivity index (χ0n) is 24.5. The molecule has 0 aliphatic carbocycles. The number of hydrogen-bond donors (Lipinski definition) is 2. The van der Waals surface area contributed by atoms with Gasteiger partial charge in [0.1, 0.15) is 17.1 Å². The topological polar surface area (TPSA) is 107 Å². The van der Waals surface area contributed by atoms with Crippen LogP contribution < -0.4 is 4.74 Å². The number of carbonyl (C=O) groups excluding carboxylic acids is 1. The first-order valence-electron chi connectivity index (χ1n) is 14.2. The quantitative estimate of drug-likeness (QED) is 0.210. The van der Waals surface area contributed by atoms with Crippen molar-refractivity contribution < 1.29 is 38.8 Å². The number of piperidine rings is 1. The first-order chi connectivity index (χ1) is 20.2. The minimum absolute atomic E-state index is 0.101. The van der Waals surface area contributed by atoms with E-state index in [0.717, 1.165) is 28.9 Å². The van der Waals surface area contributed by atoms with E-state index in [2.05, 4.69) is 0 Å². The molecule has 2 N–H and O–H groups in total. The number of carbonyl (C=O) groups is 1. The van der Waals surface area contributed by atoms with Gasteiger partial charge in [0.25, 0.3) is 0 Å². The van der Waals surface area contributed by atoms with E-state index in [1.165, 1.54) is 5.06 Å². The number of benzene rings is 3. The maximum absolute atomic E-state index is 12.3. The number of rotatable bonds is 12. The van der Waals surface area contributed by atoms with E-state index >= 15 is 0 Å². The number of aliphatic hydroxyl groups is 1. The van der Waals surface area contributed by atoms with E-state index in [1.807, 2.05) is 54.6 Å². The van der Waals surface area contributed by atoms with Crippen LogP contribution in [0.15, 0.2) is 78.9 Å². The SMILES string of the molecule is CC(C)(C)OC(=O)ON1CC(O)C(c2ccc(OCCCOCc3ccccc3)cc2)C(OCc2ccc(O)cc2)C1. The fourth-order valence-electron chi connectivity index (χ4n) is 4.70. The van der Waals surface area contributed by atoms with Crippen molar-refractivity contribution in [2.24, 2.45) is 0 Å². The molecule has 3 atom stereocenters. The molecule has 0 amide bonds. The summed E-state index contributed by atoms with van der Waals surface area (Å²) in [5.41, 5.74) is 2.18. The summed E-state index contributed by atoms with van der Waals surface area (Å²) in [6.07, 6.45) is -1.45. The molecule has 4 rings (SSSR count). The molecule has 9 nitrogen and oxygen atoms in total. The first-order valence-corrected chi connectivity index (χ1v) is 14.2. The molecule has 1 aliphatic rings. The van der Waals surface area contributed by atoms with Gasteiger partial charge in [0.2, 0.25) is 0 Å². The molecule has 0 radical (unpaired) electrons. The Balaban J connectivity index is 1.34. The lowest BCUT2D eigenvalue weighted by molar-refractivity contribution is -0.201. The molecule has 1 aliphatic heterocycles. The monoisotopic (exact) mass is 579 g/mol. The highest BCUT2D eigenvalue weighted by Crippen LogP contribution is 2.33. The molecular weight excluding hydrogens is 538 g/mol. The van der Waals surface area contributed by atoms with Gasteiger partial charge in [-0.05, 0) is 61.7 Å². The molecule has 0 spiro atoms. The highest BCUT2D eigenvalue weighted by molar-refractivity contribution is 5.60. The lowest BCUT2D eigenvalue weighted by Crippen LogP contribution is -2.52. The molecule has 0 saturated carbocycles. The lowest BCUT2D eigenvalue weighted by Gasteiger charge is -2.40. The van der Waals surface area contributed by atoms with Crippen molar-refractivity contribution in [1.29, 1.82) is 0 Å². The van der Waals surface area contributed by atoms with E-state index in [-0.39, 0.29) is 31.4 Å². The standard InChI is InChI=1S/C33H41NO8/c1-33(2,3)41-32(37)42-34-20-29(36)31(30(21-34)40-23-25-10-14-27(35)15-11-25)26-12-16-28(17-13-26)39-19-7-18-38-22-24-8-5-4-6-9-24/h4-6,8-17,29-31,35-36H,7,18-23H2,1-3H3. The molecule has 1 fully saturated rings. The van der Waals surface area contributed by atoms with Gasteiger partial charge in [-0.15, -0.1) is 5.06 Å². The van der Waals surface area contributed by atoms with Crippen LogP contribution in [0.1, 0.15) is 49.8 Å². The maximum Gasteiger partial charge on any atom is 0.528 e. The highest BCUT2D eigenvalue weighted by atomic mass is 16.8. The second-order valence-corrected chi connectivity index (χ2v) is 11.3. The molecule has 0 aromatic heterocycles. The van der Waals surface area contributed by atoms with Gasteiger partial charge < -0.3 is 34.0 Å². The summed E-state index contributed by atoms with van der Waals surface area (Å²) in [5.74, 6) is 0.522. The largest absolute Gasteiger partial charge is 0.528 e. The fraction of sp³-hybridized carbons (Fsp3) is 0.424. The van der Waals surface area contributed by atoms with E-state index < -0.39 is 24.0 Å². The molecule has 3 aromatic carbocycles. The van der Waals surface area contributed by atoms with E-state index in [0.29, 0.717) is 19.8 Å². The average Bonchev–Trinajstić information content (AvgIpc) is 2.94. The third-order valence-electron chi connectivity index (χ3n) is 6.66. The van der Waals surface area contributed by atoms with Gasteiger partial charge in [-0.2, -0.15) is 0 Å². The summed E-state index contributed by atoms with van der Waals surface area (Å²) in [6, 6.07) is 24.4. The van der Waals surface area contributed by atoms with Gasteiger partial charge in [-0.25, -0.2) is 4.79 Å². The van der Waals surface area contributed by atoms with Crippen LogP contribution in [-0.4, -0.2) is 65.5 Å². The number of ether oxygens (including phenoxy) is 4. The summed E-state index contributed by atoms with van der Waals surface area (Å²) in [6.45, 7) is 7.56. The van der Waals surface area contributed by atoms with Gasteiger partial charge >= 0.3 is 6.16 Å². The third-order valence-corrected chi connectivity index (χ3v) is 6.66. The van der Waals surface area contributed by atoms with E-state index in [1.54, 1.807) is 45.0 Å². The van der Waals surface area contributed by atoms with Crippen LogP contribution in [0.25, 0.3) is 0 Å².